The van der Waals surface area contributed by atoms with Gasteiger partial charge in [0.1, 0.15) is 5.75 Å². The number of fused-ring (bicyclic) bond motifs is 2. The quantitative estimate of drug-likeness (QED) is 0.469. The number of methoxy groups -OCH3 is 1. The number of rotatable bonds is 6. The average molecular weight is 329 g/mol. The highest BCUT2D eigenvalue weighted by Gasteiger charge is 2.10. The number of anilines is 1. The Morgan fingerprint density at radius 2 is 1.91 bits per heavy atom. The van der Waals surface area contributed by atoms with Crippen molar-refractivity contribution >= 4 is 39.1 Å². The standard InChI is InChI=1S/C19H21ClN2O/c1-3-4-5-10-21-19-15-8-6-13(20)11-18(15)22-17-9-7-14(23-2)12-16(17)19/h6-9,11-12H,3-5,10H2,1-2H3,(H,21,22). The Bertz CT molecular complexity index is 832. The fourth-order valence-electron chi connectivity index (χ4n) is 2.80. The third-order valence-corrected chi connectivity index (χ3v) is 4.26. The molecule has 0 saturated carbocycles. The summed E-state index contributed by atoms with van der Waals surface area (Å²) in [6.45, 7) is 3.16. The van der Waals surface area contributed by atoms with Crippen LogP contribution in [0.2, 0.25) is 5.02 Å². The average Bonchev–Trinajstić information content (AvgIpc) is 2.57. The summed E-state index contributed by atoms with van der Waals surface area (Å²) in [5, 5.41) is 6.47. The summed E-state index contributed by atoms with van der Waals surface area (Å²) < 4.78 is 5.37. The highest BCUT2D eigenvalue weighted by Crippen LogP contribution is 2.34. The highest BCUT2D eigenvalue weighted by atomic mass is 35.5. The van der Waals surface area contributed by atoms with Gasteiger partial charge in [-0.25, -0.2) is 4.98 Å². The summed E-state index contributed by atoms with van der Waals surface area (Å²) in [4.78, 5) is 4.74. The smallest absolute Gasteiger partial charge is 0.119 e. The monoisotopic (exact) mass is 328 g/mol. The van der Waals surface area contributed by atoms with E-state index in [2.05, 4.69) is 12.2 Å². The van der Waals surface area contributed by atoms with Crippen LogP contribution in [0.4, 0.5) is 5.69 Å². The molecule has 0 radical (unpaired) electrons. The normalized spacial score (nSPS) is 11.1. The number of pyridine rings is 1. The molecule has 3 aromatic rings. The summed E-state index contributed by atoms with van der Waals surface area (Å²) in [7, 11) is 1.68. The van der Waals surface area contributed by atoms with Gasteiger partial charge in [0, 0.05) is 22.3 Å². The molecular weight excluding hydrogens is 308 g/mol. The number of halogens is 1. The van der Waals surface area contributed by atoms with Gasteiger partial charge in [-0.15, -0.1) is 0 Å². The van der Waals surface area contributed by atoms with Crippen LogP contribution < -0.4 is 10.1 Å². The Kier molecular flexibility index (Phi) is 4.87. The fourth-order valence-corrected chi connectivity index (χ4v) is 2.97. The van der Waals surface area contributed by atoms with Gasteiger partial charge < -0.3 is 10.1 Å². The van der Waals surface area contributed by atoms with Crippen molar-refractivity contribution in [2.45, 2.75) is 26.2 Å². The van der Waals surface area contributed by atoms with Crippen LogP contribution in [0.3, 0.4) is 0 Å². The van der Waals surface area contributed by atoms with E-state index in [0.717, 1.165) is 46.2 Å². The topological polar surface area (TPSA) is 34.2 Å². The molecule has 23 heavy (non-hydrogen) atoms. The van der Waals surface area contributed by atoms with Gasteiger partial charge in [-0.05, 0) is 42.8 Å². The van der Waals surface area contributed by atoms with Crippen molar-refractivity contribution in [1.82, 2.24) is 4.98 Å². The van der Waals surface area contributed by atoms with Crippen molar-refractivity contribution in [3.8, 4) is 5.75 Å². The first kappa shape index (κ1) is 15.9. The van der Waals surface area contributed by atoms with E-state index >= 15 is 0 Å². The molecule has 0 aliphatic heterocycles. The minimum atomic E-state index is 0.704. The molecule has 0 fully saturated rings. The van der Waals surface area contributed by atoms with E-state index in [9.17, 15) is 0 Å². The summed E-state index contributed by atoms with van der Waals surface area (Å²) >= 11 is 6.14. The zero-order chi connectivity index (χ0) is 16.2. The minimum absolute atomic E-state index is 0.704. The molecule has 120 valence electrons. The molecule has 0 bridgehead atoms. The zero-order valence-corrected chi connectivity index (χ0v) is 14.3. The molecule has 3 nitrogen and oxygen atoms in total. The maximum atomic E-state index is 6.14. The number of aromatic nitrogens is 1. The predicted octanol–water partition coefficient (Wildman–Crippen LogP) is 5.65. The first-order chi connectivity index (χ1) is 11.2. The van der Waals surface area contributed by atoms with Crippen molar-refractivity contribution in [2.75, 3.05) is 19.0 Å². The molecule has 4 heteroatoms. The third-order valence-electron chi connectivity index (χ3n) is 4.03. The van der Waals surface area contributed by atoms with Gasteiger partial charge in [-0.3, -0.25) is 0 Å². The van der Waals surface area contributed by atoms with Crippen molar-refractivity contribution in [3.05, 3.63) is 41.4 Å². The van der Waals surface area contributed by atoms with Gasteiger partial charge in [0.05, 0.1) is 23.8 Å². The molecule has 0 amide bonds. The molecule has 0 aliphatic rings. The molecule has 1 aromatic heterocycles. The fraction of sp³-hybridized carbons (Fsp3) is 0.316. The Labute approximate surface area is 141 Å². The number of nitrogens with one attached hydrogen (secondary N) is 1. The second-order valence-electron chi connectivity index (χ2n) is 5.67. The number of benzene rings is 2. The Morgan fingerprint density at radius 1 is 1.04 bits per heavy atom. The predicted molar refractivity (Wildman–Crippen MR) is 98.8 cm³/mol. The van der Waals surface area contributed by atoms with E-state index in [1.165, 1.54) is 12.8 Å². The Morgan fingerprint density at radius 3 is 2.70 bits per heavy atom. The maximum Gasteiger partial charge on any atom is 0.119 e. The van der Waals surface area contributed by atoms with Crippen molar-refractivity contribution < 1.29 is 4.74 Å². The molecule has 0 saturated heterocycles. The van der Waals surface area contributed by atoms with Crippen LogP contribution in [0.1, 0.15) is 26.2 Å². The molecule has 0 spiro atoms. The number of unbranched alkanes of at least 4 members (excludes halogenated alkanes) is 2. The second kappa shape index (κ2) is 7.05. The van der Waals surface area contributed by atoms with Gasteiger partial charge in [0.15, 0.2) is 0 Å². The molecule has 1 heterocycles. The first-order valence-electron chi connectivity index (χ1n) is 8.04. The van der Waals surface area contributed by atoms with E-state index < -0.39 is 0 Å². The van der Waals surface area contributed by atoms with Crippen molar-refractivity contribution in [2.24, 2.45) is 0 Å². The van der Waals surface area contributed by atoms with Gasteiger partial charge in [-0.2, -0.15) is 0 Å². The molecule has 3 rings (SSSR count). The van der Waals surface area contributed by atoms with E-state index in [0.29, 0.717) is 5.02 Å². The van der Waals surface area contributed by atoms with Crippen molar-refractivity contribution in [3.63, 3.8) is 0 Å². The molecule has 0 aliphatic carbocycles. The van der Waals surface area contributed by atoms with Crippen molar-refractivity contribution in [1.29, 1.82) is 0 Å². The van der Waals surface area contributed by atoms with E-state index in [4.69, 9.17) is 21.3 Å². The van der Waals surface area contributed by atoms with Crippen LogP contribution in [0.15, 0.2) is 36.4 Å². The van der Waals surface area contributed by atoms with Gasteiger partial charge in [0.25, 0.3) is 0 Å². The molecule has 0 atom stereocenters. The first-order valence-corrected chi connectivity index (χ1v) is 8.41. The second-order valence-corrected chi connectivity index (χ2v) is 6.10. The van der Waals surface area contributed by atoms with E-state index in [1.807, 2.05) is 36.4 Å². The SMILES string of the molecule is CCCCCNc1c2ccc(Cl)cc2nc2ccc(OC)cc12. The Balaban J connectivity index is 2.14. The van der Waals surface area contributed by atoms with Gasteiger partial charge >= 0.3 is 0 Å². The van der Waals surface area contributed by atoms with E-state index in [-0.39, 0.29) is 0 Å². The Hall–Kier alpha value is -2.00. The van der Waals surface area contributed by atoms with Gasteiger partial charge in [-0.1, -0.05) is 31.4 Å². The van der Waals surface area contributed by atoms with Crippen LogP contribution in [-0.2, 0) is 0 Å². The summed E-state index contributed by atoms with van der Waals surface area (Å²) in [5.74, 6) is 0.837. The van der Waals surface area contributed by atoms with Gasteiger partial charge in [0.2, 0.25) is 0 Å². The lowest BCUT2D eigenvalue weighted by Crippen LogP contribution is -2.03. The summed E-state index contributed by atoms with van der Waals surface area (Å²) in [5.41, 5.74) is 2.96. The maximum absolute atomic E-state index is 6.14. The molecule has 2 aromatic carbocycles. The third kappa shape index (κ3) is 3.35. The van der Waals surface area contributed by atoms with Crippen LogP contribution in [-0.4, -0.2) is 18.6 Å². The van der Waals surface area contributed by atoms with E-state index in [1.54, 1.807) is 7.11 Å². The van der Waals surface area contributed by atoms with Crippen LogP contribution in [0.25, 0.3) is 21.8 Å². The highest BCUT2D eigenvalue weighted by molar-refractivity contribution is 6.31. The number of hydrogen-bond donors (Lipinski definition) is 1. The molecule has 1 N–H and O–H groups in total. The zero-order valence-electron chi connectivity index (χ0n) is 13.5. The lowest BCUT2D eigenvalue weighted by molar-refractivity contribution is 0.415. The lowest BCUT2D eigenvalue weighted by Gasteiger charge is -2.14. The van der Waals surface area contributed by atoms with Crippen LogP contribution in [0, 0.1) is 0 Å². The summed E-state index contributed by atoms with van der Waals surface area (Å²) in [6.07, 6.45) is 3.59. The van der Waals surface area contributed by atoms with Crippen LogP contribution >= 0.6 is 11.6 Å². The molecule has 0 unspecified atom stereocenters. The largest absolute Gasteiger partial charge is 0.497 e. The minimum Gasteiger partial charge on any atom is -0.497 e. The number of hydrogen-bond acceptors (Lipinski definition) is 3. The number of ether oxygens (including phenoxy) is 1. The van der Waals surface area contributed by atoms with Crippen LogP contribution in [0.5, 0.6) is 5.75 Å². The summed E-state index contributed by atoms with van der Waals surface area (Å²) in [6, 6.07) is 11.8. The molecular formula is C19H21ClN2O. The number of nitrogens with zero attached hydrogens (tertiary/aromatic N) is 1. The lowest BCUT2D eigenvalue weighted by atomic mass is 10.1.